The van der Waals surface area contributed by atoms with Crippen molar-refractivity contribution in [2.24, 2.45) is 4.99 Å². The van der Waals surface area contributed by atoms with Crippen LogP contribution in [-0.4, -0.2) is 24.5 Å². The van der Waals surface area contributed by atoms with Crippen molar-refractivity contribution in [3.63, 3.8) is 0 Å². The number of pyridine rings is 1. The van der Waals surface area contributed by atoms with Crippen LogP contribution in [0.15, 0.2) is 65.8 Å². The third-order valence-corrected chi connectivity index (χ3v) is 4.25. The van der Waals surface area contributed by atoms with Gasteiger partial charge in [0.05, 0.1) is 5.52 Å². The molecule has 1 heterocycles. The third kappa shape index (κ3) is 5.57. The van der Waals surface area contributed by atoms with Crippen LogP contribution in [-0.2, 0) is 13.0 Å². The lowest BCUT2D eigenvalue weighted by atomic mass is 10.1. The number of aromatic nitrogens is 1. The molecule has 4 nitrogen and oxygen atoms in total. The standard InChI is InChI=1S/C20H21ClN4.HI/c1-22-20(25-14-15-7-9-18(21)10-8-15)24-13-11-17-5-2-4-16-6-3-12-23-19(16)17;/h2-10,12H,11,13-14H2,1H3,(H2,22,24,25);1H. The highest BCUT2D eigenvalue weighted by Crippen LogP contribution is 2.16. The highest BCUT2D eigenvalue weighted by atomic mass is 127. The summed E-state index contributed by atoms with van der Waals surface area (Å²) in [6.07, 6.45) is 2.72. The lowest BCUT2D eigenvalue weighted by Crippen LogP contribution is -2.37. The van der Waals surface area contributed by atoms with Crippen molar-refractivity contribution in [2.45, 2.75) is 13.0 Å². The van der Waals surface area contributed by atoms with E-state index in [0.29, 0.717) is 6.54 Å². The Morgan fingerprint density at radius 3 is 2.58 bits per heavy atom. The Balaban J connectivity index is 0.00000243. The summed E-state index contributed by atoms with van der Waals surface area (Å²) in [5, 5.41) is 8.57. The van der Waals surface area contributed by atoms with Crippen LogP contribution >= 0.6 is 35.6 Å². The maximum absolute atomic E-state index is 5.91. The number of aliphatic imine (C=N–C) groups is 1. The second-order valence-electron chi connectivity index (χ2n) is 5.72. The molecule has 26 heavy (non-hydrogen) atoms. The molecule has 2 N–H and O–H groups in total. The van der Waals surface area contributed by atoms with E-state index >= 15 is 0 Å². The van der Waals surface area contributed by atoms with Crippen LogP contribution in [0.4, 0.5) is 0 Å². The van der Waals surface area contributed by atoms with Gasteiger partial charge in [0.2, 0.25) is 0 Å². The summed E-state index contributed by atoms with van der Waals surface area (Å²) in [6, 6.07) is 18.1. The molecule has 6 heteroatoms. The summed E-state index contributed by atoms with van der Waals surface area (Å²) in [5.74, 6) is 0.781. The first kappa shape index (κ1) is 20.5. The van der Waals surface area contributed by atoms with Gasteiger partial charge in [-0.25, -0.2) is 0 Å². The highest BCUT2D eigenvalue weighted by molar-refractivity contribution is 14.0. The van der Waals surface area contributed by atoms with E-state index in [2.05, 4.69) is 44.9 Å². The van der Waals surface area contributed by atoms with Gasteiger partial charge in [0.15, 0.2) is 5.96 Å². The Kier molecular flexibility index (Phi) is 8.12. The molecule has 1 aromatic heterocycles. The van der Waals surface area contributed by atoms with E-state index in [9.17, 15) is 0 Å². The summed E-state index contributed by atoms with van der Waals surface area (Å²) in [7, 11) is 1.77. The van der Waals surface area contributed by atoms with Gasteiger partial charge in [-0.05, 0) is 35.7 Å². The van der Waals surface area contributed by atoms with Crippen molar-refractivity contribution >= 4 is 52.4 Å². The molecule has 3 rings (SSSR count). The largest absolute Gasteiger partial charge is 0.356 e. The van der Waals surface area contributed by atoms with Gasteiger partial charge in [0.1, 0.15) is 0 Å². The fourth-order valence-corrected chi connectivity index (χ4v) is 2.82. The van der Waals surface area contributed by atoms with Crippen LogP contribution in [0.2, 0.25) is 5.02 Å². The van der Waals surface area contributed by atoms with Crippen molar-refractivity contribution in [3.05, 3.63) is 76.9 Å². The van der Waals surface area contributed by atoms with Gasteiger partial charge in [-0.1, -0.05) is 48.0 Å². The molecule has 0 atom stereocenters. The number of halogens is 2. The molecular weight excluding hydrogens is 459 g/mol. The van der Waals surface area contributed by atoms with E-state index in [1.54, 1.807) is 7.05 Å². The topological polar surface area (TPSA) is 49.3 Å². The van der Waals surface area contributed by atoms with Crippen LogP contribution < -0.4 is 10.6 Å². The van der Waals surface area contributed by atoms with E-state index in [0.717, 1.165) is 35.0 Å². The van der Waals surface area contributed by atoms with Crippen molar-refractivity contribution in [1.29, 1.82) is 0 Å². The number of fused-ring (bicyclic) bond motifs is 1. The molecule has 0 aliphatic carbocycles. The van der Waals surface area contributed by atoms with Gasteiger partial charge in [-0.3, -0.25) is 9.98 Å². The maximum atomic E-state index is 5.91. The van der Waals surface area contributed by atoms with Crippen LogP contribution in [0, 0.1) is 0 Å². The Labute approximate surface area is 176 Å². The average molecular weight is 481 g/mol. The SMILES string of the molecule is CN=C(NCCc1cccc2cccnc12)NCc1ccc(Cl)cc1.I. The molecule has 0 saturated heterocycles. The van der Waals surface area contributed by atoms with Crippen molar-refractivity contribution in [2.75, 3.05) is 13.6 Å². The Morgan fingerprint density at radius 1 is 1.04 bits per heavy atom. The smallest absolute Gasteiger partial charge is 0.191 e. The Hall–Kier alpha value is -1.86. The van der Waals surface area contributed by atoms with E-state index < -0.39 is 0 Å². The lowest BCUT2D eigenvalue weighted by Gasteiger charge is -2.12. The third-order valence-electron chi connectivity index (χ3n) is 4.00. The number of nitrogens with one attached hydrogen (secondary N) is 2. The summed E-state index contributed by atoms with van der Waals surface area (Å²) in [6.45, 7) is 1.49. The average Bonchev–Trinajstić information content (AvgIpc) is 2.66. The molecule has 136 valence electrons. The second kappa shape index (κ2) is 10.3. The predicted molar refractivity (Wildman–Crippen MR) is 121 cm³/mol. The molecule has 0 aliphatic heterocycles. The van der Waals surface area contributed by atoms with Crippen LogP contribution in [0.3, 0.4) is 0 Å². The van der Waals surface area contributed by atoms with Gasteiger partial charge in [-0.15, -0.1) is 24.0 Å². The van der Waals surface area contributed by atoms with Gasteiger partial charge in [-0.2, -0.15) is 0 Å². The second-order valence-corrected chi connectivity index (χ2v) is 6.16. The molecule has 2 aromatic carbocycles. The number of hydrogen-bond donors (Lipinski definition) is 2. The summed E-state index contributed by atoms with van der Waals surface area (Å²) in [5.41, 5.74) is 3.46. The molecule has 0 unspecified atom stereocenters. The van der Waals surface area contributed by atoms with Crippen LogP contribution in [0.1, 0.15) is 11.1 Å². The maximum Gasteiger partial charge on any atom is 0.191 e. The molecular formula is C20H22ClIN4. The van der Waals surface area contributed by atoms with Crippen LogP contribution in [0.5, 0.6) is 0 Å². The van der Waals surface area contributed by atoms with Crippen molar-refractivity contribution < 1.29 is 0 Å². The highest BCUT2D eigenvalue weighted by Gasteiger charge is 2.03. The Bertz CT molecular complexity index is 860. The molecule has 0 amide bonds. The fourth-order valence-electron chi connectivity index (χ4n) is 2.69. The first-order valence-electron chi connectivity index (χ1n) is 8.28. The number of guanidine groups is 1. The number of para-hydroxylation sites is 1. The minimum atomic E-state index is 0. The lowest BCUT2D eigenvalue weighted by molar-refractivity contribution is 0.796. The Morgan fingerprint density at radius 2 is 1.81 bits per heavy atom. The normalized spacial score (nSPS) is 11.1. The van der Waals surface area contributed by atoms with Gasteiger partial charge in [0, 0.05) is 36.7 Å². The van der Waals surface area contributed by atoms with Crippen molar-refractivity contribution in [3.8, 4) is 0 Å². The summed E-state index contributed by atoms with van der Waals surface area (Å²) < 4.78 is 0. The van der Waals surface area contributed by atoms with E-state index in [4.69, 9.17) is 11.6 Å². The van der Waals surface area contributed by atoms with E-state index in [1.807, 2.05) is 36.5 Å². The molecule has 0 aliphatic rings. The number of nitrogens with zero attached hydrogens (tertiary/aromatic N) is 2. The van der Waals surface area contributed by atoms with Crippen LogP contribution in [0.25, 0.3) is 10.9 Å². The fraction of sp³-hybridized carbons (Fsp3) is 0.200. The number of hydrogen-bond acceptors (Lipinski definition) is 2. The first-order valence-corrected chi connectivity index (χ1v) is 8.65. The minimum absolute atomic E-state index is 0. The van der Waals surface area contributed by atoms with Gasteiger partial charge in [0.25, 0.3) is 0 Å². The first-order chi connectivity index (χ1) is 12.3. The number of benzene rings is 2. The molecule has 0 bridgehead atoms. The molecule has 0 spiro atoms. The van der Waals surface area contributed by atoms with Gasteiger partial charge < -0.3 is 10.6 Å². The van der Waals surface area contributed by atoms with Gasteiger partial charge >= 0.3 is 0 Å². The number of rotatable bonds is 5. The predicted octanol–water partition coefficient (Wildman–Crippen LogP) is 4.41. The van der Waals surface area contributed by atoms with Crippen molar-refractivity contribution in [1.82, 2.24) is 15.6 Å². The zero-order valence-corrected chi connectivity index (χ0v) is 17.7. The molecule has 0 radical (unpaired) electrons. The zero-order chi connectivity index (χ0) is 17.5. The minimum Gasteiger partial charge on any atom is -0.356 e. The quantitative estimate of drug-likeness (QED) is 0.323. The van der Waals surface area contributed by atoms with E-state index in [-0.39, 0.29) is 24.0 Å². The monoisotopic (exact) mass is 480 g/mol. The van der Waals surface area contributed by atoms with E-state index in [1.165, 1.54) is 10.9 Å². The zero-order valence-electron chi connectivity index (χ0n) is 14.6. The summed E-state index contributed by atoms with van der Waals surface area (Å²) >= 11 is 5.91. The summed E-state index contributed by atoms with van der Waals surface area (Å²) in [4.78, 5) is 8.76. The molecule has 0 saturated carbocycles. The molecule has 3 aromatic rings. The molecule has 0 fully saturated rings.